The van der Waals surface area contributed by atoms with E-state index in [1.807, 2.05) is 23.6 Å². The van der Waals surface area contributed by atoms with Crippen molar-refractivity contribution >= 4 is 23.3 Å². The van der Waals surface area contributed by atoms with Gasteiger partial charge in [0.2, 0.25) is 0 Å². The maximum absolute atomic E-state index is 12.7. The lowest BCUT2D eigenvalue weighted by atomic mass is 10.0. The topological polar surface area (TPSA) is 62.7 Å². The first-order valence-corrected chi connectivity index (χ1v) is 9.14. The van der Waals surface area contributed by atoms with Gasteiger partial charge in [0, 0.05) is 31.8 Å². The van der Waals surface area contributed by atoms with Gasteiger partial charge in [0.15, 0.2) is 5.60 Å². The lowest BCUT2D eigenvalue weighted by Gasteiger charge is -2.21. The minimum absolute atomic E-state index is 0.0851. The highest BCUT2D eigenvalue weighted by atomic mass is 32.1. The molecule has 0 saturated carbocycles. The summed E-state index contributed by atoms with van der Waals surface area (Å²) >= 11 is 1.50. The van der Waals surface area contributed by atoms with E-state index in [-0.39, 0.29) is 12.0 Å². The summed E-state index contributed by atoms with van der Waals surface area (Å²) < 4.78 is 5.50. The zero-order valence-corrected chi connectivity index (χ0v) is 14.8. The minimum atomic E-state index is -0.551. The van der Waals surface area contributed by atoms with Gasteiger partial charge in [-0.15, -0.1) is 11.3 Å². The highest BCUT2D eigenvalue weighted by Gasteiger charge is 2.49. The molecule has 0 N–H and O–H groups in total. The van der Waals surface area contributed by atoms with Gasteiger partial charge >= 0.3 is 6.09 Å². The van der Waals surface area contributed by atoms with Crippen molar-refractivity contribution in [3.05, 3.63) is 52.0 Å². The van der Waals surface area contributed by atoms with Crippen molar-refractivity contribution in [2.45, 2.75) is 18.4 Å². The number of benzene rings is 1. The van der Waals surface area contributed by atoms with E-state index in [0.29, 0.717) is 31.7 Å². The van der Waals surface area contributed by atoms with Crippen LogP contribution < -0.4 is 0 Å². The van der Waals surface area contributed by atoms with Crippen molar-refractivity contribution in [3.63, 3.8) is 0 Å². The molecule has 1 aromatic heterocycles. The van der Waals surface area contributed by atoms with Crippen molar-refractivity contribution in [1.29, 1.82) is 0 Å². The van der Waals surface area contributed by atoms with Crippen LogP contribution in [0.1, 0.15) is 27.5 Å². The van der Waals surface area contributed by atoms with Gasteiger partial charge in [-0.2, -0.15) is 0 Å². The number of carbonyl (C=O) groups is 2. The molecule has 25 heavy (non-hydrogen) atoms. The molecule has 2 aromatic rings. The van der Waals surface area contributed by atoms with Gasteiger partial charge in [0.1, 0.15) is 5.69 Å². The first-order valence-electron chi connectivity index (χ1n) is 8.26. The third-order valence-electron chi connectivity index (χ3n) is 4.71. The smallest absolute Gasteiger partial charge is 0.410 e. The fraction of sp³-hybridized carbons (Fsp3) is 0.389. The van der Waals surface area contributed by atoms with E-state index in [2.05, 4.69) is 17.1 Å². The maximum Gasteiger partial charge on any atom is 0.410 e. The molecule has 1 atom stereocenters. The second kappa shape index (κ2) is 6.15. The standard InChI is InChI=1S/C18H19N3O3S/c1-20-11-18(24-17(20)23)7-8-21(12-18)16(22)14-10-25-15(19-14)9-13-5-3-2-4-6-13/h2-6,10H,7-9,11-12H2,1H3. The van der Waals surface area contributed by atoms with Crippen molar-refractivity contribution < 1.29 is 14.3 Å². The summed E-state index contributed by atoms with van der Waals surface area (Å²) in [4.78, 5) is 32.2. The molecule has 2 fully saturated rings. The fourth-order valence-corrected chi connectivity index (χ4v) is 4.25. The summed E-state index contributed by atoms with van der Waals surface area (Å²) in [6.07, 6.45) is 1.09. The molecule has 7 heteroatoms. The van der Waals surface area contributed by atoms with Crippen LogP contribution in [0.15, 0.2) is 35.7 Å². The van der Waals surface area contributed by atoms with Crippen molar-refractivity contribution in [2.24, 2.45) is 0 Å². The first kappa shape index (κ1) is 16.1. The van der Waals surface area contributed by atoms with E-state index in [0.717, 1.165) is 11.4 Å². The Kier molecular flexibility index (Phi) is 3.95. The second-order valence-corrected chi connectivity index (χ2v) is 7.62. The summed E-state index contributed by atoms with van der Waals surface area (Å²) in [6, 6.07) is 10.1. The zero-order valence-electron chi connectivity index (χ0n) is 14.0. The van der Waals surface area contributed by atoms with Gasteiger partial charge < -0.3 is 14.5 Å². The molecule has 3 heterocycles. The van der Waals surface area contributed by atoms with Crippen LogP contribution in [0.4, 0.5) is 4.79 Å². The average Bonchev–Trinajstić information content (AvgIpc) is 3.29. The van der Waals surface area contributed by atoms with E-state index in [1.165, 1.54) is 16.9 Å². The van der Waals surface area contributed by atoms with E-state index in [4.69, 9.17) is 4.74 Å². The van der Waals surface area contributed by atoms with Gasteiger partial charge in [-0.1, -0.05) is 30.3 Å². The zero-order chi connectivity index (χ0) is 17.4. The average molecular weight is 357 g/mol. The predicted octanol–water partition coefficient (Wildman–Crippen LogP) is 2.40. The molecular formula is C18H19N3O3S. The highest BCUT2D eigenvalue weighted by Crippen LogP contribution is 2.32. The Labute approximate surface area is 150 Å². The van der Waals surface area contributed by atoms with Crippen LogP contribution in [-0.4, -0.2) is 59.1 Å². The monoisotopic (exact) mass is 357 g/mol. The highest BCUT2D eigenvalue weighted by molar-refractivity contribution is 7.09. The van der Waals surface area contributed by atoms with Crippen LogP contribution in [0.5, 0.6) is 0 Å². The van der Waals surface area contributed by atoms with Crippen molar-refractivity contribution in [1.82, 2.24) is 14.8 Å². The molecule has 2 saturated heterocycles. The second-order valence-electron chi connectivity index (χ2n) is 6.67. The molecule has 1 spiro atoms. The summed E-state index contributed by atoms with van der Waals surface area (Å²) in [5.41, 5.74) is 1.10. The van der Waals surface area contributed by atoms with Gasteiger partial charge in [-0.25, -0.2) is 9.78 Å². The lowest BCUT2D eigenvalue weighted by Crippen LogP contribution is -2.39. The third-order valence-corrected chi connectivity index (χ3v) is 5.56. The number of thiazole rings is 1. The normalized spacial score (nSPS) is 22.7. The van der Waals surface area contributed by atoms with Crippen LogP contribution in [0, 0.1) is 0 Å². The van der Waals surface area contributed by atoms with Crippen LogP contribution in [0.3, 0.4) is 0 Å². The number of hydrogen-bond acceptors (Lipinski definition) is 5. The molecule has 1 aromatic carbocycles. The molecule has 4 rings (SSSR count). The summed E-state index contributed by atoms with van der Waals surface area (Å²) in [6.45, 7) is 1.56. The number of likely N-dealkylation sites (N-methyl/N-ethyl adjacent to an activating group) is 1. The molecular weight excluding hydrogens is 338 g/mol. The Hall–Kier alpha value is -2.41. The number of nitrogens with zero attached hydrogens (tertiary/aromatic N) is 3. The number of hydrogen-bond donors (Lipinski definition) is 0. The fourth-order valence-electron chi connectivity index (χ4n) is 3.45. The number of rotatable bonds is 3. The van der Waals surface area contributed by atoms with Gasteiger partial charge in [-0.3, -0.25) is 4.79 Å². The molecule has 2 amide bonds. The van der Waals surface area contributed by atoms with Crippen molar-refractivity contribution in [2.75, 3.05) is 26.7 Å². The van der Waals surface area contributed by atoms with E-state index < -0.39 is 5.60 Å². The quantitative estimate of drug-likeness (QED) is 0.846. The molecule has 0 bridgehead atoms. The number of likely N-dealkylation sites (tertiary alicyclic amines) is 1. The molecule has 130 valence electrons. The predicted molar refractivity (Wildman–Crippen MR) is 93.7 cm³/mol. The summed E-state index contributed by atoms with van der Waals surface area (Å²) in [7, 11) is 1.72. The van der Waals surface area contributed by atoms with E-state index in [1.54, 1.807) is 16.8 Å². The molecule has 2 aliphatic rings. The largest absolute Gasteiger partial charge is 0.439 e. The van der Waals surface area contributed by atoms with Gasteiger partial charge in [0.25, 0.3) is 5.91 Å². The number of carbonyl (C=O) groups excluding carboxylic acids is 2. The Morgan fingerprint density at radius 3 is 2.84 bits per heavy atom. The Morgan fingerprint density at radius 1 is 1.32 bits per heavy atom. The number of amides is 2. The van der Waals surface area contributed by atoms with E-state index >= 15 is 0 Å². The summed E-state index contributed by atoms with van der Waals surface area (Å²) in [5.74, 6) is -0.0851. The van der Waals surface area contributed by atoms with Crippen LogP contribution >= 0.6 is 11.3 Å². The molecule has 6 nitrogen and oxygen atoms in total. The van der Waals surface area contributed by atoms with E-state index in [9.17, 15) is 9.59 Å². The van der Waals surface area contributed by atoms with Crippen LogP contribution in [0.2, 0.25) is 0 Å². The third kappa shape index (κ3) is 3.11. The molecule has 0 aliphatic carbocycles. The Bertz CT molecular complexity index is 807. The van der Waals surface area contributed by atoms with Crippen LogP contribution in [0.25, 0.3) is 0 Å². The molecule has 0 radical (unpaired) electrons. The Balaban J connectivity index is 1.43. The number of ether oxygens (including phenoxy) is 1. The molecule has 1 unspecified atom stereocenters. The van der Waals surface area contributed by atoms with Crippen molar-refractivity contribution in [3.8, 4) is 0 Å². The summed E-state index contributed by atoms with van der Waals surface area (Å²) in [5, 5.41) is 2.74. The number of aromatic nitrogens is 1. The van der Waals surface area contributed by atoms with Gasteiger partial charge in [-0.05, 0) is 5.56 Å². The van der Waals surface area contributed by atoms with Crippen LogP contribution in [-0.2, 0) is 11.2 Å². The maximum atomic E-state index is 12.7. The Morgan fingerprint density at radius 2 is 2.12 bits per heavy atom. The van der Waals surface area contributed by atoms with Gasteiger partial charge in [0.05, 0.1) is 18.1 Å². The first-order chi connectivity index (χ1) is 12.0. The lowest BCUT2D eigenvalue weighted by molar-refractivity contribution is 0.0551. The molecule has 2 aliphatic heterocycles. The minimum Gasteiger partial charge on any atom is -0.439 e. The SMILES string of the molecule is CN1CC2(CCN(C(=O)c3csc(Cc4ccccc4)n3)C2)OC1=O.